The number of carboxylic acid groups (broad SMARTS) is 1. The third kappa shape index (κ3) is 4.96. The Bertz CT molecular complexity index is 743. The van der Waals surface area contributed by atoms with Crippen molar-refractivity contribution in [3.63, 3.8) is 0 Å². The van der Waals surface area contributed by atoms with Crippen LogP contribution in [-0.2, 0) is 4.79 Å². The van der Waals surface area contributed by atoms with Crippen LogP contribution in [0.25, 0.3) is 6.08 Å². The average Bonchev–Trinajstić information content (AvgIpc) is 2.54. The molecular formula is C17H14BrNO4. The number of carbonyl (C=O) groups excluding carboxylic acids is 1. The van der Waals surface area contributed by atoms with Gasteiger partial charge in [0.15, 0.2) is 0 Å². The highest BCUT2D eigenvalue weighted by Gasteiger charge is 2.10. The quantitative estimate of drug-likeness (QED) is 0.595. The van der Waals surface area contributed by atoms with Gasteiger partial charge in [-0.15, -0.1) is 0 Å². The van der Waals surface area contributed by atoms with Gasteiger partial charge in [-0.2, -0.15) is 0 Å². The molecule has 0 aliphatic carbocycles. The van der Waals surface area contributed by atoms with E-state index in [1.807, 2.05) is 18.2 Å². The Morgan fingerprint density at radius 2 is 1.96 bits per heavy atom. The molecule has 23 heavy (non-hydrogen) atoms. The molecule has 0 saturated carbocycles. The summed E-state index contributed by atoms with van der Waals surface area (Å²) >= 11 is 3.18. The van der Waals surface area contributed by atoms with Gasteiger partial charge in [-0.3, -0.25) is 4.79 Å². The number of benzene rings is 2. The van der Waals surface area contributed by atoms with Crippen molar-refractivity contribution in [2.24, 2.45) is 0 Å². The van der Waals surface area contributed by atoms with Crippen molar-refractivity contribution in [1.82, 2.24) is 0 Å². The number of amides is 1. The summed E-state index contributed by atoms with van der Waals surface area (Å²) in [4.78, 5) is 23.0. The molecule has 0 radical (unpaired) electrons. The van der Waals surface area contributed by atoms with Crippen molar-refractivity contribution in [3.05, 3.63) is 65.7 Å². The number of nitrogens with one attached hydrogen (secondary N) is 1. The molecule has 0 saturated heterocycles. The largest absolute Gasteiger partial charge is 0.482 e. The minimum Gasteiger partial charge on any atom is -0.482 e. The molecule has 5 nitrogen and oxygen atoms in total. The number of hydrogen-bond donors (Lipinski definition) is 2. The summed E-state index contributed by atoms with van der Waals surface area (Å²) in [6.07, 6.45) is 2.96. The lowest BCUT2D eigenvalue weighted by atomic mass is 10.1. The molecule has 2 N–H and O–H groups in total. The predicted octanol–water partition coefficient (Wildman–Crippen LogP) is 3.77. The maximum atomic E-state index is 11.9. The van der Waals surface area contributed by atoms with Crippen LogP contribution in [0.15, 0.2) is 54.6 Å². The molecule has 6 heteroatoms. The van der Waals surface area contributed by atoms with Gasteiger partial charge in [0.2, 0.25) is 5.91 Å². The molecule has 0 unspecified atom stereocenters. The number of rotatable bonds is 6. The van der Waals surface area contributed by atoms with Crippen LogP contribution in [0.5, 0.6) is 5.75 Å². The van der Waals surface area contributed by atoms with E-state index in [-0.39, 0.29) is 11.3 Å². The van der Waals surface area contributed by atoms with Gasteiger partial charge < -0.3 is 15.2 Å². The summed E-state index contributed by atoms with van der Waals surface area (Å²) in [6.45, 7) is 0. The summed E-state index contributed by atoms with van der Waals surface area (Å²) in [6, 6.07) is 13.5. The number of anilines is 1. The molecular weight excluding hydrogens is 362 g/mol. The van der Waals surface area contributed by atoms with Crippen LogP contribution in [0.1, 0.15) is 15.9 Å². The second kappa shape index (κ2) is 8.14. The third-order valence-corrected chi connectivity index (χ3v) is 3.15. The Hall–Kier alpha value is -2.60. The summed E-state index contributed by atoms with van der Waals surface area (Å²) in [7, 11) is 0. The second-order valence-electron chi connectivity index (χ2n) is 4.50. The van der Waals surface area contributed by atoms with E-state index in [4.69, 9.17) is 9.84 Å². The van der Waals surface area contributed by atoms with E-state index in [0.717, 1.165) is 5.56 Å². The van der Waals surface area contributed by atoms with Crippen LogP contribution < -0.4 is 10.1 Å². The van der Waals surface area contributed by atoms with Gasteiger partial charge in [-0.05, 0) is 51.8 Å². The van der Waals surface area contributed by atoms with Gasteiger partial charge in [-0.25, -0.2) is 4.79 Å². The normalized spacial score (nSPS) is 10.5. The first-order chi connectivity index (χ1) is 11.1. The van der Waals surface area contributed by atoms with Gasteiger partial charge in [0.05, 0.1) is 11.3 Å². The van der Waals surface area contributed by atoms with Gasteiger partial charge in [0.1, 0.15) is 11.3 Å². The van der Waals surface area contributed by atoms with Gasteiger partial charge in [0.25, 0.3) is 0 Å². The van der Waals surface area contributed by atoms with Crippen molar-refractivity contribution in [2.45, 2.75) is 0 Å². The summed E-state index contributed by atoms with van der Waals surface area (Å²) in [5.74, 6) is -0.823. The van der Waals surface area contributed by atoms with Crippen molar-refractivity contribution in [2.75, 3.05) is 10.8 Å². The SMILES string of the molecule is O=C(/C=C/c1cccc(OCBr)c1)Nc1ccccc1C(=O)O. The minimum atomic E-state index is -1.09. The van der Waals surface area contributed by atoms with Crippen LogP contribution in [0.3, 0.4) is 0 Å². The fourth-order valence-corrected chi connectivity index (χ4v) is 2.16. The third-order valence-electron chi connectivity index (χ3n) is 2.92. The van der Waals surface area contributed by atoms with Crippen LogP contribution >= 0.6 is 15.9 Å². The van der Waals surface area contributed by atoms with Gasteiger partial charge >= 0.3 is 5.97 Å². The van der Waals surface area contributed by atoms with Crippen LogP contribution in [0.4, 0.5) is 5.69 Å². The number of carbonyl (C=O) groups is 2. The zero-order valence-electron chi connectivity index (χ0n) is 12.0. The highest BCUT2D eigenvalue weighted by Crippen LogP contribution is 2.16. The molecule has 0 atom stereocenters. The zero-order chi connectivity index (χ0) is 16.7. The summed E-state index contributed by atoms with van der Waals surface area (Å²) < 4.78 is 5.31. The lowest BCUT2D eigenvalue weighted by molar-refractivity contribution is -0.111. The smallest absolute Gasteiger partial charge is 0.337 e. The Balaban J connectivity index is 2.08. The molecule has 0 aliphatic heterocycles. The monoisotopic (exact) mass is 375 g/mol. The standard InChI is InChI=1S/C17H14BrNO4/c18-11-23-13-5-3-4-12(10-13)8-9-16(20)19-15-7-2-1-6-14(15)17(21)22/h1-10H,11H2,(H,19,20)(H,21,22)/b9-8+. The lowest BCUT2D eigenvalue weighted by Gasteiger charge is -2.06. The van der Waals surface area contributed by atoms with Crippen molar-refractivity contribution in [1.29, 1.82) is 0 Å². The highest BCUT2D eigenvalue weighted by atomic mass is 79.9. The fraction of sp³-hybridized carbons (Fsp3) is 0.0588. The number of ether oxygens (including phenoxy) is 1. The highest BCUT2D eigenvalue weighted by molar-refractivity contribution is 9.09. The topological polar surface area (TPSA) is 75.6 Å². The number of halogens is 1. The van der Waals surface area contributed by atoms with Crippen LogP contribution in [-0.4, -0.2) is 22.5 Å². The second-order valence-corrected chi connectivity index (χ2v) is 4.96. The van der Waals surface area contributed by atoms with Crippen LogP contribution in [0, 0.1) is 0 Å². The molecule has 0 spiro atoms. The maximum Gasteiger partial charge on any atom is 0.337 e. The molecule has 2 aromatic rings. The average molecular weight is 376 g/mol. The molecule has 0 aliphatic rings. The molecule has 0 aromatic heterocycles. The van der Waals surface area contributed by atoms with E-state index in [1.54, 1.807) is 30.3 Å². The Kier molecular flexibility index (Phi) is 5.94. The van der Waals surface area contributed by atoms with E-state index in [0.29, 0.717) is 11.3 Å². The predicted molar refractivity (Wildman–Crippen MR) is 91.9 cm³/mol. The number of hydrogen-bond acceptors (Lipinski definition) is 3. The molecule has 118 valence electrons. The first-order valence-corrected chi connectivity index (χ1v) is 7.82. The number of para-hydroxylation sites is 1. The Morgan fingerprint density at radius 3 is 2.70 bits per heavy atom. The van der Waals surface area contributed by atoms with E-state index in [2.05, 4.69) is 21.2 Å². The van der Waals surface area contributed by atoms with E-state index < -0.39 is 11.9 Å². The summed E-state index contributed by atoms with van der Waals surface area (Å²) in [5.41, 5.74) is 1.48. The molecule has 1 amide bonds. The Morgan fingerprint density at radius 1 is 1.17 bits per heavy atom. The minimum absolute atomic E-state index is 0.0435. The zero-order valence-corrected chi connectivity index (χ0v) is 13.6. The fourth-order valence-electron chi connectivity index (χ4n) is 1.90. The first kappa shape index (κ1) is 16.8. The lowest BCUT2D eigenvalue weighted by Crippen LogP contribution is -2.11. The molecule has 0 fully saturated rings. The van der Waals surface area contributed by atoms with Gasteiger partial charge in [0, 0.05) is 6.08 Å². The Labute approximate surface area is 141 Å². The number of carboxylic acids is 1. The van der Waals surface area contributed by atoms with Crippen molar-refractivity contribution >= 4 is 39.6 Å². The first-order valence-electron chi connectivity index (χ1n) is 6.70. The van der Waals surface area contributed by atoms with E-state index >= 15 is 0 Å². The summed E-state index contributed by atoms with van der Waals surface area (Å²) in [5, 5.41) is 11.6. The molecule has 0 heterocycles. The number of alkyl halides is 1. The van der Waals surface area contributed by atoms with Gasteiger partial charge in [-0.1, -0.05) is 24.3 Å². The number of aromatic carboxylic acids is 1. The molecule has 0 bridgehead atoms. The van der Waals surface area contributed by atoms with Crippen LogP contribution in [0.2, 0.25) is 0 Å². The van der Waals surface area contributed by atoms with E-state index in [9.17, 15) is 9.59 Å². The van der Waals surface area contributed by atoms with Crippen molar-refractivity contribution in [3.8, 4) is 5.75 Å². The van der Waals surface area contributed by atoms with E-state index in [1.165, 1.54) is 12.1 Å². The molecule has 2 rings (SSSR count). The van der Waals surface area contributed by atoms with Crippen molar-refractivity contribution < 1.29 is 19.4 Å². The maximum absolute atomic E-state index is 11.9. The molecule has 2 aromatic carbocycles.